The van der Waals surface area contributed by atoms with Crippen molar-refractivity contribution in [3.8, 4) is 11.5 Å². The first-order valence-electron chi connectivity index (χ1n) is 9.62. The van der Waals surface area contributed by atoms with E-state index < -0.39 is 0 Å². The molecule has 0 amide bonds. The van der Waals surface area contributed by atoms with E-state index in [1.807, 2.05) is 31.2 Å². The zero-order chi connectivity index (χ0) is 18.6. The highest BCUT2D eigenvalue weighted by molar-refractivity contribution is 5.79. The van der Waals surface area contributed by atoms with Crippen molar-refractivity contribution in [2.24, 2.45) is 10.9 Å². The van der Waals surface area contributed by atoms with Crippen LogP contribution in [0.25, 0.3) is 0 Å². The van der Waals surface area contributed by atoms with Crippen molar-refractivity contribution in [3.05, 3.63) is 24.3 Å². The smallest absolute Gasteiger partial charge is 0.191 e. The van der Waals surface area contributed by atoms with Crippen LogP contribution in [0.2, 0.25) is 0 Å². The average Bonchev–Trinajstić information content (AvgIpc) is 3.47. The molecule has 0 radical (unpaired) electrons. The van der Waals surface area contributed by atoms with E-state index >= 15 is 0 Å². The number of benzene rings is 1. The molecule has 1 fully saturated rings. The summed E-state index contributed by atoms with van der Waals surface area (Å²) in [5, 5.41) is 6.61. The van der Waals surface area contributed by atoms with E-state index in [0.29, 0.717) is 6.54 Å². The Hall–Kier alpha value is -1.95. The van der Waals surface area contributed by atoms with E-state index in [0.717, 1.165) is 56.1 Å². The van der Waals surface area contributed by atoms with Crippen molar-refractivity contribution in [1.82, 2.24) is 10.6 Å². The summed E-state index contributed by atoms with van der Waals surface area (Å²) in [6, 6.07) is 7.66. The molecule has 1 aromatic rings. The third kappa shape index (κ3) is 7.95. The number of aliphatic imine (C=N–C) groups is 1. The van der Waals surface area contributed by atoms with Gasteiger partial charge in [-0.2, -0.15) is 0 Å². The molecule has 0 aromatic heterocycles. The molecule has 1 aromatic carbocycles. The van der Waals surface area contributed by atoms with Crippen LogP contribution in [0, 0.1) is 5.92 Å². The van der Waals surface area contributed by atoms with Crippen LogP contribution < -0.4 is 20.1 Å². The van der Waals surface area contributed by atoms with Gasteiger partial charge < -0.3 is 24.8 Å². The Kier molecular flexibility index (Phi) is 9.10. The normalized spacial score (nSPS) is 15.4. The van der Waals surface area contributed by atoms with E-state index in [1.54, 1.807) is 7.11 Å². The molecule has 26 heavy (non-hydrogen) atoms. The highest BCUT2D eigenvalue weighted by atomic mass is 16.5. The summed E-state index contributed by atoms with van der Waals surface area (Å²) in [5.74, 6) is 3.11. The predicted molar refractivity (Wildman–Crippen MR) is 105 cm³/mol. The Morgan fingerprint density at radius 3 is 2.69 bits per heavy atom. The van der Waals surface area contributed by atoms with E-state index in [1.165, 1.54) is 12.8 Å². The molecule has 2 rings (SSSR count). The minimum Gasteiger partial charge on any atom is -0.493 e. The lowest BCUT2D eigenvalue weighted by molar-refractivity contribution is 0.123. The van der Waals surface area contributed by atoms with Crippen molar-refractivity contribution in [3.63, 3.8) is 0 Å². The molecule has 1 aliphatic rings. The number of hydrogen-bond donors (Lipinski definition) is 2. The van der Waals surface area contributed by atoms with Gasteiger partial charge in [-0.3, -0.25) is 0 Å². The standard InChI is InChI=1S/C20H33N3O3/c1-4-21-20(22-12-7-13-25-15-17-10-11-17)23-14-16(2)26-19-9-6-5-8-18(19)24-3/h5-6,8-9,16-17H,4,7,10-15H2,1-3H3,(H2,21,22,23). The molecular formula is C20H33N3O3. The number of rotatable bonds is 12. The van der Waals surface area contributed by atoms with E-state index in [2.05, 4.69) is 22.5 Å². The van der Waals surface area contributed by atoms with E-state index in [9.17, 15) is 0 Å². The zero-order valence-corrected chi connectivity index (χ0v) is 16.3. The van der Waals surface area contributed by atoms with Gasteiger partial charge in [-0.05, 0) is 51.2 Å². The van der Waals surface area contributed by atoms with Crippen molar-refractivity contribution in [2.45, 2.75) is 39.2 Å². The Morgan fingerprint density at radius 1 is 1.23 bits per heavy atom. The van der Waals surface area contributed by atoms with Gasteiger partial charge in [-0.25, -0.2) is 4.99 Å². The first-order valence-corrected chi connectivity index (χ1v) is 9.62. The number of ether oxygens (including phenoxy) is 3. The maximum absolute atomic E-state index is 5.94. The minimum absolute atomic E-state index is 0.0522. The monoisotopic (exact) mass is 363 g/mol. The molecule has 6 heteroatoms. The second-order valence-electron chi connectivity index (χ2n) is 6.60. The number of hydrogen-bond acceptors (Lipinski definition) is 4. The van der Waals surface area contributed by atoms with Gasteiger partial charge in [0.25, 0.3) is 0 Å². The van der Waals surface area contributed by atoms with Crippen LogP contribution in [-0.4, -0.2) is 52.0 Å². The van der Waals surface area contributed by atoms with Gasteiger partial charge in [-0.15, -0.1) is 0 Å². The van der Waals surface area contributed by atoms with Crippen LogP contribution in [0.15, 0.2) is 29.3 Å². The molecular weight excluding hydrogens is 330 g/mol. The summed E-state index contributed by atoms with van der Waals surface area (Å²) in [6.07, 6.45) is 3.60. The molecule has 0 heterocycles. The first kappa shape index (κ1) is 20.4. The third-order valence-electron chi connectivity index (χ3n) is 4.06. The van der Waals surface area contributed by atoms with Gasteiger partial charge in [0.15, 0.2) is 17.5 Å². The fourth-order valence-corrected chi connectivity index (χ4v) is 2.45. The molecule has 1 saturated carbocycles. The number of nitrogens with zero attached hydrogens (tertiary/aromatic N) is 1. The first-order chi connectivity index (χ1) is 12.7. The molecule has 2 N–H and O–H groups in total. The second-order valence-corrected chi connectivity index (χ2v) is 6.60. The lowest BCUT2D eigenvalue weighted by Crippen LogP contribution is -2.38. The Labute approximate surface area is 157 Å². The zero-order valence-electron chi connectivity index (χ0n) is 16.3. The van der Waals surface area contributed by atoms with Crippen molar-refractivity contribution >= 4 is 5.96 Å². The van der Waals surface area contributed by atoms with E-state index in [4.69, 9.17) is 14.2 Å². The van der Waals surface area contributed by atoms with Crippen LogP contribution in [0.3, 0.4) is 0 Å². The van der Waals surface area contributed by atoms with Crippen LogP contribution in [-0.2, 0) is 4.74 Å². The summed E-state index contributed by atoms with van der Waals surface area (Å²) in [5.41, 5.74) is 0. The molecule has 1 unspecified atom stereocenters. The maximum Gasteiger partial charge on any atom is 0.191 e. The van der Waals surface area contributed by atoms with Crippen LogP contribution >= 0.6 is 0 Å². The Balaban J connectivity index is 1.70. The van der Waals surface area contributed by atoms with Gasteiger partial charge in [0.05, 0.1) is 13.7 Å². The maximum atomic E-state index is 5.94. The predicted octanol–water partition coefficient (Wildman–Crippen LogP) is 2.83. The largest absolute Gasteiger partial charge is 0.493 e. The Bertz CT molecular complexity index is 547. The average molecular weight is 364 g/mol. The van der Waals surface area contributed by atoms with E-state index in [-0.39, 0.29) is 6.10 Å². The summed E-state index contributed by atoms with van der Waals surface area (Å²) < 4.78 is 16.9. The topological polar surface area (TPSA) is 64.1 Å². The van der Waals surface area contributed by atoms with Crippen molar-refractivity contribution in [1.29, 1.82) is 0 Å². The molecule has 0 saturated heterocycles. The third-order valence-corrected chi connectivity index (χ3v) is 4.06. The SMILES string of the molecule is CCNC(=NCC(C)Oc1ccccc1OC)NCCCOCC1CC1. The second kappa shape index (κ2) is 11.6. The van der Waals surface area contributed by atoms with Gasteiger partial charge in [0, 0.05) is 26.3 Å². The van der Waals surface area contributed by atoms with Crippen LogP contribution in [0.4, 0.5) is 0 Å². The number of para-hydroxylation sites is 2. The molecule has 146 valence electrons. The van der Waals surface area contributed by atoms with Gasteiger partial charge in [-0.1, -0.05) is 12.1 Å². The fourth-order valence-electron chi connectivity index (χ4n) is 2.45. The number of nitrogens with one attached hydrogen (secondary N) is 2. The van der Waals surface area contributed by atoms with Gasteiger partial charge in [0.2, 0.25) is 0 Å². The molecule has 6 nitrogen and oxygen atoms in total. The summed E-state index contributed by atoms with van der Waals surface area (Å²) >= 11 is 0. The summed E-state index contributed by atoms with van der Waals surface area (Å²) in [6.45, 7) is 8.02. The number of methoxy groups -OCH3 is 1. The highest BCUT2D eigenvalue weighted by Gasteiger charge is 2.20. The Morgan fingerprint density at radius 2 is 2.00 bits per heavy atom. The quantitative estimate of drug-likeness (QED) is 0.340. The van der Waals surface area contributed by atoms with Crippen molar-refractivity contribution in [2.75, 3.05) is 40.0 Å². The highest BCUT2D eigenvalue weighted by Crippen LogP contribution is 2.28. The molecule has 1 atom stereocenters. The molecule has 0 bridgehead atoms. The van der Waals surface area contributed by atoms with Gasteiger partial charge in [0.1, 0.15) is 6.10 Å². The molecule has 0 spiro atoms. The molecule has 0 aliphatic heterocycles. The fraction of sp³-hybridized carbons (Fsp3) is 0.650. The lowest BCUT2D eigenvalue weighted by atomic mass is 10.3. The van der Waals surface area contributed by atoms with Crippen LogP contribution in [0.1, 0.15) is 33.1 Å². The van der Waals surface area contributed by atoms with Crippen molar-refractivity contribution < 1.29 is 14.2 Å². The summed E-state index contributed by atoms with van der Waals surface area (Å²) in [4.78, 5) is 4.61. The number of guanidine groups is 1. The van der Waals surface area contributed by atoms with Crippen LogP contribution in [0.5, 0.6) is 11.5 Å². The van der Waals surface area contributed by atoms with Gasteiger partial charge >= 0.3 is 0 Å². The lowest BCUT2D eigenvalue weighted by Gasteiger charge is -2.16. The minimum atomic E-state index is -0.0522. The molecule has 1 aliphatic carbocycles. The summed E-state index contributed by atoms with van der Waals surface area (Å²) in [7, 11) is 1.65.